The van der Waals surface area contributed by atoms with Crippen molar-refractivity contribution in [2.75, 3.05) is 0 Å². The number of hydrogen-bond donors (Lipinski definition) is 0. The van der Waals surface area contributed by atoms with Crippen molar-refractivity contribution >= 4 is 23.2 Å². The van der Waals surface area contributed by atoms with E-state index < -0.39 is 4.75 Å². The van der Waals surface area contributed by atoms with Gasteiger partial charge in [0, 0.05) is 11.6 Å². The first kappa shape index (κ1) is 16.0. The highest BCUT2D eigenvalue weighted by Gasteiger charge is 2.47. The van der Waals surface area contributed by atoms with Crippen LogP contribution in [0, 0.1) is 10.1 Å². The quantitative estimate of drug-likeness (QED) is 0.525. The number of benzene rings is 1. The zero-order valence-electron chi connectivity index (χ0n) is 12.6. The smallest absolute Gasteiger partial charge is 0.283 e. The third-order valence-electron chi connectivity index (χ3n) is 4.02. The fourth-order valence-electron chi connectivity index (χ4n) is 2.82. The summed E-state index contributed by atoms with van der Waals surface area (Å²) in [4.78, 5) is 24.2. The van der Waals surface area contributed by atoms with Gasteiger partial charge in [-0.1, -0.05) is 45.6 Å². The van der Waals surface area contributed by atoms with E-state index in [0.29, 0.717) is 10.5 Å². The van der Waals surface area contributed by atoms with Gasteiger partial charge in [-0.15, -0.1) is 11.8 Å². The van der Waals surface area contributed by atoms with Crippen molar-refractivity contribution in [3.05, 3.63) is 33.9 Å². The molecule has 2 rings (SSSR count). The molecule has 21 heavy (non-hydrogen) atoms. The third-order valence-corrected chi connectivity index (χ3v) is 5.63. The normalized spacial score (nSPS) is 16.0. The second-order valence-corrected chi connectivity index (χ2v) is 6.94. The van der Waals surface area contributed by atoms with Crippen LogP contribution in [0.15, 0.2) is 23.1 Å². The van der Waals surface area contributed by atoms with Gasteiger partial charge >= 0.3 is 0 Å². The van der Waals surface area contributed by atoms with Gasteiger partial charge in [0.1, 0.15) is 0 Å². The molecular formula is C16H21NO3S. The lowest BCUT2D eigenvalue weighted by Gasteiger charge is -2.26. The van der Waals surface area contributed by atoms with Crippen molar-refractivity contribution in [1.29, 1.82) is 0 Å². The maximum atomic E-state index is 12.9. The van der Waals surface area contributed by atoms with Gasteiger partial charge in [-0.3, -0.25) is 14.9 Å². The number of carbonyl (C=O) groups is 1. The van der Waals surface area contributed by atoms with Crippen LogP contribution in [0.4, 0.5) is 5.69 Å². The highest BCUT2D eigenvalue weighted by molar-refractivity contribution is 8.02. The molecule has 4 nitrogen and oxygen atoms in total. The van der Waals surface area contributed by atoms with E-state index in [2.05, 4.69) is 13.8 Å². The Labute approximate surface area is 129 Å². The number of hydrogen-bond acceptors (Lipinski definition) is 4. The summed E-state index contributed by atoms with van der Waals surface area (Å²) in [5.41, 5.74) is 0.613. The molecule has 0 saturated heterocycles. The van der Waals surface area contributed by atoms with Gasteiger partial charge < -0.3 is 0 Å². The summed E-state index contributed by atoms with van der Waals surface area (Å²) >= 11 is 1.44. The van der Waals surface area contributed by atoms with Crippen molar-refractivity contribution in [3.63, 3.8) is 0 Å². The highest BCUT2D eigenvalue weighted by atomic mass is 32.2. The first-order chi connectivity index (χ1) is 10.1. The summed E-state index contributed by atoms with van der Waals surface area (Å²) < 4.78 is -0.486. The van der Waals surface area contributed by atoms with E-state index in [1.165, 1.54) is 17.8 Å². The Morgan fingerprint density at radius 1 is 1.19 bits per heavy atom. The van der Waals surface area contributed by atoms with Gasteiger partial charge in [0.2, 0.25) is 0 Å². The van der Waals surface area contributed by atoms with Crippen LogP contribution in [0.1, 0.15) is 62.7 Å². The largest absolute Gasteiger partial charge is 0.293 e. The zero-order valence-corrected chi connectivity index (χ0v) is 13.4. The van der Waals surface area contributed by atoms with Gasteiger partial charge in [-0.05, 0) is 18.9 Å². The minimum absolute atomic E-state index is 0.0701. The molecule has 5 heteroatoms. The summed E-state index contributed by atoms with van der Waals surface area (Å²) in [5.74, 6) is 0.0908. The minimum Gasteiger partial charge on any atom is -0.293 e. The van der Waals surface area contributed by atoms with Crippen molar-refractivity contribution in [1.82, 2.24) is 0 Å². The van der Waals surface area contributed by atoms with Crippen molar-refractivity contribution < 1.29 is 9.72 Å². The second-order valence-electron chi connectivity index (χ2n) is 5.54. The molecule has 0 N–H and O–H groups in total. The molecule has 1 aliphatic heterocycles. The lowest BCUT2D eigenvalue weighted by Crippen LogP contribution is -2.31. The molecule has 0 spiro atoms. The van der Waals surface area contributed by atoms with Gasteiger partial charge in [0.25, 0.3) is 5.69 Å². The number of thioether (sulfide) groups is 1. The molecule has 1 aromatic rings. The fourth-order valence-corrected chi connectivity index (χ4v) is 4.42. The Morgan fingerprint density at radius 3 is 2.33 bits per heavy atom. The third kappa shape index (κ3) is 2.98. The number of Topliss-reactive ketones (excluding diaryl/α,β-unsaturated/α-hetero) is 1. The molecule has 1 aliphatic rings. The number of fused-ring (bicyclic) bond motifs is 1. The van der Waals surface area contributed by atoms with E-state index in [4.69, 9.17) is 0 Å². The molecule has 0 atom stereocenters. The number of ketones is 1. The van der Waals surface area contributed by atoms with Crippen LogP contribution < -0.4 is 0 Å². The molecule has 0 radical (unpaired) electrons. The van der Waals surface area contributed by atoms with E-state index in [9.17, 15) is 14.9 Å². The molecule has 0 amide bonds. The predicted molar refractivity (Wildman–Crippen MR) is 85.1 cm³/mol. The Morgan fingerprint density at radius 2 is 1.81 bits per heavy atom. The minimum atomic E-state index is -0.486. The Hall–Kier alpha value is -1.36. The fraction of sp³-hybridized carbons (Fsp3) is 0.562. The van der Waals surface area contributed by atoms with Crippen molar-refractivity contribution in [2.45, 2.75) is 62.0 Å². The maximum absolute atomic E-state index is 12.9. The lowest BCUT2D eigenvalue weighted by atomic mass is 9.88. The monoisotopic (exact) mass is 307 g/mol. The lowest BCUT2D eigenvalue weighted by molar-refractivity contribution is -0.387. The Kier molecular flexibility index (Phi) is 5.04. The summed E-state index contributed by atoms with van der Waals surface area (Å²) in [6.07, 6.45) is 5.62. The van der Waals surface area contributed by atoms with Crippen LogP contribution in [0.2, 0.25) is 0 Å². The van der Waals surface area contributed by atoms with E-state index in [-0.39, 0.29) is 16.4 Å². The molecule has 0 fully saturated rings. The van der Waals surface area contributed by atoms with Crippen molar-refractivity contribution in [3.8, 4) is 0 Å². The topological polar surface area (TPSA) is 60.2 Å². The molecule has 0 bridgehead atoms. The first-order valence-corrected chi connectivity index (χ1v) is 8.38. The van der Waals surface area contributed by atoms with E-state index in [1.54, 1.807) is 12.1 Å². The zero-order chi connectivity index (χ0) is 15.5. The number of rotatable bonds is 7. The Balaban J connectivity index is 2.40. The number of unbranched alkanes of at least 4 members (excludes halogenated alkanes) is 2. The molecule has 114 valence electrons. The van der Waals surface area contributed by atoms with Gasteiger partial charge in [-0.25, -0.2) is 0 Å². The van der Waals surface area contributed by atoms with Crippen LogP contribution in [-0.2, 0) is 0 Å². The SMILES string of the molecule is CCCCC1(CCCC)Sc2c(cccc2[N+](=O)[O-])C1=O. The standard InChI is InChI=1S/C16H21NO3S/c1-3-5-10-16(11-6-4-2)15(18)12-8-7-9-13(17(19)20)14(12)21-16/h7-9H,3-6,10-11H2,1-2H3. The first-order valence-electron chi connectivity index (χ1n) is 7.57. The number of nitro benzene ring substituents is 1. The van der Waals surface area contributed by atoms with Crippen LogP contribution >= 0.6 is 11.8 Å². The number of nitrogens with zero attached hydrogens (tertiary/aromatic N) is 1. The summed E-state index contributed by atoms with van der Waals surface area (Å²) in [5, 5.41) is 11.2. The average Bonchev–Trinajstić information content (AvgIpc) is 2.76. The molecule has 1 heterocycles. The number of carbonyl (C=O) groups excluding carboxylic acids is 1. The molecule has 0 aliphatic carbocycles. The van der Waals surface area contributed by atoms with E-state index in [0.717, 1.165) is 38.5 Å². The average molecular weight is 307 g/mol. The number of nitro groups is 1. The van der Waals surface area contributed by atoms with Gasteiger partial charge in [0.15, 0.2) is 5.78 Å². The van der Waals surface area contributed by atoms with Crippen molar-refractivity contribution in [2.24, 2.45) is 0 Å². The highest BCUT2D eigenvalue weighted by Crippen LogP contribution is 2.53. The van der Waals surface area contributed by atoms with Crippen LogP contribution in [0.25, 0.3) is 0 Å². The molecular weight excluding hydrogens is 286 g/mol. The molecule has 0 saturated carbocycles. The summed E-state index contributed by atoms with van der Waals surface area (Å²) in [6, 6.07) is 4.84. The molecule has 1 aromatic carbocycles. The Bertz CT molecular complexity index is 548. The van der Waals surface area contributed by atoms with E-state index in [1.807, 2.05) is 0 Å². The summed E-state index contributed by atoms with van der Waals surface area (Å²) in [7, 11) is 0. The molecule has 0 unspecified atom stereocenters. The van der Waals surface area contributed by atoms with Crippen LogP contribution in [0.5, 0.6) is 0 Å². The predicted octanol–water partition coefficient (Wildman–Crippen LogP) is 5.00. The van der Waals surface area contributed by atoms with Gasteiger partial charge in [0.05, 0.1) is 14.6 Å². The van der Waals surface area contributed by atoms with Crippen LogP contribution in [-0.4, -0.2) is 15.5 Å². The van der Waals surface area contributed by atoms with E-state index >= 15 is 0 Å². The van der Waals surface area contributed by atoms with Gasteiger partial charge in [-0.2, -0.15) is 0 Å². The molecule has 0 aromatic heterocycles. The van der Waals surface area contributed by atoms with Crippen LogP contribution in [0.3, 0.4) is 0 Å². The maximum Gasteiger partial charge on any atom is 0.283 e. The second kappa shape index (κ2) is 6.60. The summed E-state index contributed by atoms with van der Waals surface area (Å²) in [6.45, 7) is 4.21.